The van der Waals surface area contributed by atoms with Crippen molar-refractivity contribution < 1.29 is 9.53 Å². The molecule has 1 saturated carbocycles. The second kappa shape index (κ2) is 6.89. The number of nitrogens with zero attached hydrogens (tertiary/aromatic N) is 1. The summed E-state index contributed by atoms with van der Waals surface area (Å²) < 4.78 is 5.05. The molecule has 1 rings (SSSR count). The molecule has 1 aliphatic rings. The lowest BCUT2D eigenvalue weighted by Gasteiger charge is -2.34. The summed E-state index contributed by atoms with van der Waals surface area (Å²) in [6, 6.07) is 0.361. The maximum absolute atomic E-state index is 11.6. The normalized spacial score (nSPS) is 19.8. The van der Waals surface area contributed by atoms with Crippen LogP contribution in [0, 0.1) is 5.92 Å². The molecule has 0 aromatic carbocycles. The minimum absolute atomic E-state index is 0.0493. The topological polar surface area (TPSA) is 29.5 Å². The summed E-state index contributed by atoms with van der Waals surface area (Å²) in [5.41, 5.74) is 0. The zero-order chi connectivity index (χ0) is 12.0. The predicted octanol–water partition coefficient (Wildman–Crippen LogP) is 2.45. The first-order chi connectivity index (χ1) is 7.65. The van der Waals surface area contributed by atoms with Gasteiger partial charge >= 0.3 is 5.97 Å². The van der Waals surface area contributed by atoms with E-state index >= 15 is 0 Å². The van der Waals surface area contributed by atoms with Crippen LogP contribution in [-0.4, -0.2) is 37.6 Å². The average Bonchev–Trinajstić information content (AvgIpc) is 2.27. The highest BCUT2D eigenvalue weighted by molar-refractivity contribution is 5.70. The number of carbonyl (C=O) groups is 1. The van der Waals surface area contributed by atoms with Gasteiger partial charge in [0.15, 0.2) is 0 Å². The number of rotatable bonds is 5. The van der Waals surface area contributed by atoms with Gasteiger partial charge in [-0.15, -0.1) is 0 Å². The molecule has 94 valence electrons. The van der Waals surface area contributed by atoms with Crippen molar-refractivity contribution in [2.75, 3.05) is 20.7 Å². The summed E-state index contributed by atoms with van der Waals surface area (Å²) in [6.45, 7) is 2.35. The first-order valence-corrected chi connectivity index (χ1v) is 6.47. The van der Waals surface area contributed by atoms with Crippen molar-refractivity contribution in [2.45, 2.75) is 51.5 Å². The molecule has 0 N–H and O–H groups in total. The Bertz CT molecular complexity index is 210. The Morgan fingerprint density at radius 3 is 2.44 bits per heavy atom. The van der Waals surface area contributed by atoms with Gasteiger partial charge in [-0.3, -0.25) is 4.79 Å². The van der Waals surface area contributed by atoms with E-state index in [9.17, 15) is 4.79 Å². The van der Waals surface area contributed by atoms with Crippen molar-refractivity contribution >= 4 is 5.97 Å². The molecule has 1 aliphatic carbocycles. The molecule has 3 heteroatoms. The Balaban J connectivity index is 2.48. The van der Waals surface area contributed by atoms with Gasteiger partial charge in [0.25, 0.3) is 0 Å². The first-order valence-electron chi connectivity index (χ1n) is 6.47. The molecule has 0 aromatic rings. The Morgan fingerprint density at radius 2 is 1.94 bits per heavy atom. The summed E-state index contributed by atoms with van der Waals surface area (Å²) >= 11 is 0. The molecule has 0 bridgehead atoms. The van der Waals surface area contributed by atoms with Crippen molar-refractivity contribution in [3.63, 3.8) is 0 Å². The van der Waals surface area contributed by atoms with Crippen molar-refractivity contribution in [2.24, 2.45) is 5.92 Å². The van der Waals surface area contributed by atoms with Crippen LogP contribution in [0.1, 0.15) is 45.4 Å². The average molecular weight is 227 g/mol. The molecule has 1 unspecified atom stereocenters. The molecule has 0 aliphatic heterocycles. The van der Waals surface area contributed by atoms with Gasteiger partial charge in [0, 0.05) is 6.04 Å². The lowest BCUT2D eigenvalue weighted by atomic mass is 9.82. The Hall–Kier alpha value is -0.570. The minimum atomic E-state index is -0.0493. The first kappa shape index (κ1) is 13.5. The lowest BCUT2D eigenvalue weighted by molar-refractivity contribution is -0.145. The molecule has 0 heterocycles. The highest BCUT2D eigenvalue weighted by atomic mass is 16.5. The van der Waals surface area contributed by atoms with Gasteiger partial charge in [0.1, 0.15) is 0 Å². The fourth-order valence-corrected chi connectivity index (χ4v) is 2.68. The zero-order valence-electron chi connectivity index (χ0n) is 10.9. The molecule has 0 saturated heterocycles. The largest absolute Gasteiger partial charge is 0.466 e. The Morgan fingerprint density at radius 1 is 1.31 bits per heavy atom. The van der Waals surface area contributed by atoms with Crippen LogP contribution in [0.3, 0.4) is 0 Å². The molecule has 0 spiro atoms. The monoisotopic (exact) mass is 227 g/mol. The number of carbonyl (C=O) groups excluding carboxylic acids is 1. The third-order valence-electron chi connectivity index (χ3n) is 3.54. The van der Waals surface area contributed by atoms with E-state index in [1.165, 1.54) is 32.1 Å². The molecular formula is C13H25NO2. The zero-order valence-corrected chi connectivity index (χ0v) is 10.9. The van der Waals surface area contributed by atoms with E-state index in [2.05, 4.69) is 19.0 Å². The maximum atomic E-state index is 11.6. The molecule has 16 heavy (non-hydrogen) atoms. The number of esters is 1. The van der Waals surface area contributed by atoms with Crippen molar-refractivity contribution in [1.29, 1.82) is 0 Å². The summed E-state index contributed by atoms with van der Waals surface area (Å²) in [7, 11) is 4.14. The van der Waals surface area contributed by atoms with Crippen LogP contribution in [-0.2, 0) is 9.53 Å². The molecule has 0 amide bonds. The fraction of sp³-hybridized carbons (Fsp3) is 0.923. The fourth-order valence-electron chi connectivity index (χ4n) is 2.68. The number of hydrogen-bond donors (Lipinski definition) is 0. The molecule has 1 fully saturated rings. The number of hydrogen-bond acceptors (Lipinski definition) is 3. The lowest BCUT2D eigenvalue weighted by Crippen LogP contribution is -2.38. The van der Waals surface area contributed by atoms with Gasteiger partial charge in [-0.1, -0.05) is 19.3 Å². The number of ether oxygens (including phenoxy) is 1. The van der Waals surface area contributed by atoms with Crippen LogP contribution in [0.4, 0.5) is 0 Å². The van der Waals surface area contributed by atoms with Gasteiger partial charge in [0.05, 0.1) is 13.0 Å². The second-order valence-corrected chi connectivity index (χ2v) is 4.94. The van der Waals surface area contributed by atoms with Crippen molar-refractivity contribution in [3.8, 4) is 0 Å². The van der Waals surface area contributed by atoms with Gasteiger partial charge in [-0.2, -0.15) is 0 Å². The standard InChI is InChI=1S/C13H25NO2/c1-4-16-13(15)10-12(14(2)3)11-8-6-5-7-9-11/h11-12H,4-10H2,1-3H3. The minimum Gasteiger partial charge on any atom is -0.466 e. The maximum Gasteiger partial charge on any atom is 0.307 e. The van der Waals surface area contributed by atoms with E-state index in [1.54, 1.807) is 0 Å². The van der Waals surface area contributed by atoms with Gasteiger partial charge < -0.3 is 9.64 Å². The van der Waals surface area contributed by atoms with E-state index in [0.29, 0.717) is 25.0 Å². The summed E-state index contributed by atoms with van der Waals surface area (Å²) in [5, 5.41) is 0. The SMILES string of the molecule is CCOC(=O)CC(C1CCCCC1)N(C)C. The van der Waals surface area contributed by atoms with E-state index in [1.807, 2.05) is 6.92 Å². The van der Waals surface area contributed by atoms with Crippen molar-refractivity contribution in [1.82, 2.24) is 4.90 Å². The van der Waals surface area contributed by atoms with E-state index in [4.69, 9.17) is 4.74 Å². The molecular weight excluding hydrogens is 202 g/mol. The Kier molecular flexibility index (Phi) is 5.81. The molecule has 0 aromatic heterocycles. The van der Waals surface area contributed by atoms with Crippen molar-refractivity contribution in [3.05, 3.63) is 0 Å². The third-order valence-corrected chi connectivity index (χ3v) is 3.54. The van der Waals surface area contributed by atoms with Crippen LogP contribution in [0.5, 0.6) is 0 Å². The molecule has 3 nitrogen and oxygen atoms in total. The van der Waals surface area contributed by atoms with Crippen LogP contribution >= 0.6 is 0 Å². The van der Waals surface area contributed by atoms with Gasteiger partial charge in [-0.25, -0.2) is 0 Å². The van der Waals surface area contributed by atoms with Crippen LogP contribution in [0.15, 0.2) is 0 Å². The van der Waals surface area contributed by atoms with E-state index < -0.39 is 0 Å². The Labute approximate surface area is 99.1 Å². The van der Waals surface area contributed by atoms with Crippen LogP contribution < -0.4 is 0 Å². The summed E-state index contributed by atoms with van der Waals surface area (Å²) in [4.78, 5) is 13.7. The second-order valence-electron chi connectivity index (χ2n) is 4.94. The van der Waals surface area contributed by atoms with E-state index in [0.717, 1.165) is 0 Å². The summed E-state index contributed by atoms with van der Waals surface area (Å²) in [6.07, 6.45) is 7.07. The van der Waals surface area contributed by atoms with Crippen LogP contribution in [0.2, 0.25) is 0 Å². The molecule has 0 radical (unpaired) electrons. The van der Waals surface area contributed by atoms with Gasteiger partial charge in [0.2, 0.25) is 0 Å². The highest BCUT2D eigenvalue weighted by Gasteiger charge is 2.27. The van der Waals surface area contributed by atoms with Crippen LogP contribution in [0.25, 0.3) is 0 Å². The summed E-state index contributed by atoms with van der Waals surface area (Å²) in [5.74, 6) is 0.625. The smallest absolute Gasteiger partial charge is 0.307 e. The quantitative estimate of drug-likeness (QED) is 0.676. The van der Waals surface area contributed by atoms with Gasteiger partial charge in [-0.05, 0) is 39.8 Å². The third kappa shape index (κ3) is 4.12. The highest BCUT2D eigenvalue weighted by Crippen LogP contribution is 2.29. The molecule has 1 atom stereocenters. The van der Waals surface area contributed by atoms with E-state index in [-0.39, 0.29) is 5.97 Å². The predicted molar refractivity (Wildman–Crippen MR) is 65.3 cm³/mol.